The van der Waals surface area contributed by atoms with E-state index in [-0.39, 0.29) is 21.7 Å². The van der Waals surface area contributed by atoms with Gasteiger partial charge in [0.25, 0.3) is 0 Å². The SMILES string of the molecule is C[N-]C.C[N-]C.C[c-]1cccc1.C[c-]1cccc1.[Ti+4]. The Labute approximate surface area is 134 Å². The molecule has 0 spiro atoms. The molecule has 0 fully saturated rings. The molecule has 2 aromatic rings. The fourth-order valence-corrected chi connectivity index (χ4v) is 0.940. The van der Waals surface area contributed by atoms with Crippen LogP contribution in [0.3, 0.4) is 0 Å². The van der Waals surface area contributed by atoms with E-state index in [9.17, 15) is 0 Å². The van der Waals surface area contributed by atoms with Crippen LogP contribution in [-0.4, -0.2) is 28.2 Å². The van der Waals surface area contributed by atoms with Crippen LogP contribution in [-0.2, 0) is 21.7 Å². The Morgan fingerprint density at radius 1 is 0.579 bits per heavy atom. The summed E-state index contributed by atoms with van der Waals surface area (Å²) >= 11 is 0. The van der Waals surface area contributed by atoms with E-state index in [0.717, 1.165) is 0 Å². The number of nitrogens with zero attached hydrogens (tertiary/aromatic N) is 2. The quantitative estimate of drug-likeness (QED) is 0.499. The molecule has 0 aliphatic heterocycles. The van der Waals surface area contributed by atoms with Crippen LogP contribution in [0.15, 0.2) is 48.5 Å². The number of hydrogen-bond donors (Lipinski definition) is 0. The van der Waals surface area contributed by atoms with E-state index in [1.165, 1.54) is 11.1 Å². The van der Waals surface area contributed by atoms with E-state index < -0.39 is 0 Å². The fourth-order valence-electron chi connectivity index (χ4n) is 0.940. The minimum Gasteiger partial charge on any atom is -0.668 e. The van der Waals surface area contributed by atoms with Crippen molar-refractivity contribution in [2.24, 2.45) is 0 Å². The number of rotatable bonds is 0. The normalized spacial score (nSPS) is 7.47. The van der Waals surface area contributed by atoms with E-state index in [4.69, 9.17) is 0 Å². The van der Waals surface area contributed by atoms with Gasteiger partial charge in [-0.25, -0.2) is 24.3 Å². The molecule has 2 aromatic carbocycles. The average molecular weight is 294 g/mol. The molecule has 2 nitrogen and oxygen atoms in total. The Bertz CT molecular complexity index is 278. The first-order chi connectivity index (χ1) is 8.62. The molecule has 19 heavy (non-hydrogen) atoms. The predicted octanol–water partition coefficient (Wildman–Crippen LogP) is 4.66. The maximum Gasteiger partial charge on any atom is 4.00 e. The van der Waals surface area contributed by atoms with Gasteiger partial charge in [0, 0.05) is 0 Å². The van der Waals surface area contributed by atoms with Crippen LogP contribution in [0.1, 0.15) is 11.1 Å². The molecule has 0 saturated carbocycles. The van der Waals surface area contributed by atoms with Crippen molar-refractivity contribution >= 4 is 0 Å². The summed E-state index contributed by atoms with van der Waals surface area (Å²) in [7, 11) is 7.00. The molecule has 0 heterocycles. The van der Waals surface area contributed by atoms with Gasteiger partial charge in [0.05, 0.1) is 0 Å². The molecule has 0 atom stereocenters. The van der Waals surface area contributed by atoms with Gasteiger partial charge in [-0.15, -0.1) is 0 Å². The molecular formula is C16H26N2Ti. The van der Waals surface area contributed by atoms with E-state index in [0.29, 0.717) is 0 Å². The van der Waals surface area contributed by atoms with Crippen LogP contribution < -0.4 is 0 Å². The summed E-state index contributed by atoms with van der Waals surface area (Å²) < 4.78 is 0. The molecule has 0 bridgehead atoms. The van der Waals surface area contributed by atoms with Crippen LogP contribution in [0.2, 0.25) is 0 Å². The number of aryl methyl sites for hydroxylation is 2. The summed E-state index contributed by atoms with van der Waals surface area (Å²) in [5.74, 6) is 0. The third-order valence-corrected chi connectivity index (χ3v) is 1.66. The van der Waals surface area contributed by atoms with Gasteiger partial charge in [-0.3, -0.25) is 0 Å². The molecule has 0 unspecified atom stereocenters. The first-order valence-corrected chi connectivity index (χ1v) is 5.94. The predicted molar refractivity (Wildman–Crippen MR) is 84.0 cm³/mol. The summed E-state index contributed by atoms with van der Waals surface area (Å²) in [4.78, 5) is 0. The van der Waals surface area contributed by atoms with E-state index >= 15 is 0 Å². The monoisotopic (exact) mass is 294 g/mol. The molecule has 0 N–H and O–H groups in total. The number of hydrogen-bond acceptors (Lipinski definition) is 0. The summed E-state index contributed by atoms with van der Waals surface area (Å²) in [5.41, 5.74) is 2.69. The molecule has 0 aliphatic rings. The van der Waals surface area contributed by atoms with Crippen molar-refractivity contribution in [3.05, 3.63) is 70.3 Å². The van der Waals surface area contributed by atoms with Crippen LogP contribution in [0, 0.1) is 13.8 Å². The first kappa shape index (κ1) is 23.4. The molecule has 104 valence electrons. The van der Waals surface area contributed by atoms with Crippen molar-refractivity contribution in [2.45, 2.75) is 13.8 Å². The average Bonchev–Trinajstić information content (AvgIpc) is 2.95. The van der Waals surface area contributed by atoms with Crippen molar-refractivity contribution in [1.82, 2.24) is 0 Å². The second kappa shape index (κ2) is 19.7. The van der Waals surface area contributed by atoms with Gasteiger partial charge >= 0.3 is 21.7 Å². The van der Waals surface area contributed by atoms with Crippen LogP contribution >= 0.6 is 0 Å². The van der Waals surface area contributed by atoms with Crippen molar-refractivity contribution in [1.29, 1.82) is 0 Å². The smallest absolute Gasteiger partial charge is 0.668 e. The Morgan fingerprint density at radius 3 is 0.789 bits per heavy atom. The van der Waals surface area contributed by atoms with Crippen LogP contribution in [0.5, 0.6) is 0 Å². The Morgan fingerprint density at radius 2 is 0.737 bits per heavy atom. The van der Waals surface area contributed by atoms with Crippen LogP contribution in [0.4, 0.5) is 0 Å². The van der Waals surface area contributed by atoms with Gasteiger partial charge < -0.3 is 10.6 Å². The summed E-state index contributed by atoms with van der Waals surface area (Å²) in [6.45, 7) is 4.17. The molecule has 0 aliphatic carbocycles. The van der Waals surface area contributed by atoms with E-state index in [1.54, 1.807) is 28.2 Å². The zero-order chi connectivity index (χ0) is 14.2. The first-order valence-electron chi connectivity index (χ1n) is 5.94. The summed E-state index contributed by atoms with van der Waals surface area (Å²) in [5, 5.41) is 7.00. The van der Waals surface area contributed by atoms with Gasteiger partial charge in [0.1, 0.15) is 0 Å². The van der Waals surface area contributed by atoms with Gasteiger partial charge in [-0.05, 0) is 0 Å². The van der Waals surface area contributed by atoms with E-state index in [1.807, 2.05) is 24.3 Å². The van der Waals surface area contributed by atoms with Crippen molar-refractivity contribution in [3.63, 3.8) is 0 Å². The molecule has 0 amide bonds. The Balaban J connectivity index is -0.000000188. The van der Waals surface area contributed by atoms with Crippen molar-refractivity contribution in [3.8, 4) is 0 Å². The molecular weight excluding hydrogens is 268 g/mol. The van der Waals surface area contributed by atoms with Crippen molar-refractivity contribution in [2.75, 3.05) is 28.2 Å². The summed E-state index contributed by atoms with van der Waals surface area (Å²) in [6.07, 6.45) is 0. The maximum absolute atomic E-state index is 3.50. The largest absolute Gasteiger partial charge is 4.00 e. The molecule has 3 heteroatoms. The Hall–Kier alpha value is -0.666. The molecule has 0 aromatic heterocycles. The summed E-state index contributed by atoms with van der Waals surface area (Å²) in [6, 6.07) is 16.5. The minimum atomic E-state index is 0. The van der Waals surface area contributed by atoms with Gasteiger partial charge in [-0.1, -0.05) is 13.8 Å². The maximum atomic E-state index is 3.50. The molecule has 0 radical (unpaired) electrons. The van der Waals surface area contributed by atoms with Gasteiger partial charge in [0.2, 0.25) is 0 Å². The molecule has 0 saturated heterocycles. The zero-order valence-electron chi connectivity index (χ0n) is 13.0. The fraction of sp³-hybridized carbons (Fsp3) is 0.375. The standard InChI is InChI=1S/2C6H7.2C2H6N.Ti/c2*1-6-4-2-3-5-6;2*1-3-2;/h2*2-5H,1H3;2*1-2H3;/q4*-1;+4. The van der Waals surface area contributed by atoms with Crippen molar-refractivity contribution < 1.29 is 21.7 Å². The van der Waals surface area contributed by atoms with Gasteiger partial charge in [0.15, 0.2) is 0 Å². The van der Waals surface area contributed by atoms with E-state index in [2.05, 4.69) is 48.7 Å². The van der Waals surface area contributed by atoms with Gasteiger partial charge in [-0.2, -0.15) is 63.6 Å². The second-order valence-corrected chi connectivity index (χ2v) is 3.82. The zero-order valence-corrected chi connectivity index (χ0v) is 14.6. The topological polar surface area (TPSA) is 28.2 Å². The Kier molecular flexibility index (Phi) is 24.3. The van der Waals surface area contributed by atoms with Crippen LogP contribution in [0.25, 0.3) is 10.6 Å². The molecule has 2 rings (SSSR count). The second-order valence-electron chi connectivity index (χ2n) is 3.82. The third kappa shape index (κ3) is 22.9. The minimum absolute atomic E-state index is 0. The third-order valence-electron chi connectivity index (χ3n) is 1.66.